The quantitative estimate of drug-likeness (QED) is 0.774. The number of rotatable bonds is 2. The van der Waals surface area contributed by atoms with Crippen LogP contribution in [0.5, 0.6) is 0 Å². The van der Waals surface area contributed by atoms with Crippen LogP contribution in [0.3, 0.4) is 0 Å². The molecular weight excluding hydrogens is 398 g/mol. The van der Waals surface area contributed by atoms with Crippen LogP contribution in [0.15, 0.2) is 10.8 Å². The van der Waals surface area contributed by atoms with Crippen LogP contribution >= 0.6 is 15.9 Å². The Morgan fingerprint density at radius 3 is 1.84 bits per heavy atom. The average Bonchev–Trinajstić information content (AvgIpc) is 2.36. The highest BCUT2D eigenvalue weighted by Crippen LogP contribution is 2.23. The molecule has 0 aromatic carbocycles. The topological polar surface area (TPSA) is 119 Å². The second kappa shape index (κ2) is 7.34. The molecule has 0 unspecified atom stereocenters. The minimum absolute atomic E-state index is 0.127. The highest BCUT2D eigenvalue weighted by molar-refractivity contribution is 9.10. The number of carboxylic acids is 1. The molecule has 1 aromatic rings. The van der Waals surface area contributed by atoms with Crippen LogP contribution in [-0.2, 0) is 9.47 Å². The second-order valence-corrected chi connectivity index (χ2v) is 7.78. The van der Waals surface area contributed by atoms with Gasteiger partial charge < -0.3 is 14.6 Å². The Morgan fingerprint density at radius 2 is 1.48 bits per heavy atom. The van der Waals surface area contributed by atoms with Crippen molar-refractivity contribution in [2.24, 2.45) is 0 Å². The van der Waals surface area contributed by atoms with Gasteiger partial charge in [-0.15, -0.1) is 0 Å². The van der Waals surface area contributed by atoms with Crippen molar-refractivity contribution in [3.8, 4) is 0 Å². The highest BCUT2D eigenvalue weighted by atomic mass is 79.9. The van der Waals surface area contributed by atoms with Crippen molar-refractivity contribution in [1.82, 2.24) is 9.97 Å². The number of nitrogens with zero attached hydrogens (tertiary/aromatic N) is 3. The number of aromatic nitrogens is 2. The van der Waals surface area contributed by atoms with E-state index in [9.17, 15) is 19.5 Å². The molecule has 2 amide bonds. The first kappa shape index (κ1) is 20.8. The van der Waals surface area contributed by atoms with Gasteiger partial charge in [-0.2, -0.15) is 4.90 Å². The Balaban J connectivity index is 3.44. The summed E-state index contributed by atoms with van der Waals surface area (Å²) in [5.41, 5.74) is -2.46. The number of hydrogen-bond acceptors (Lipinski definition) is 7. The van der Waals surface area contributed by atoms with Crippen LogP contribution in [0, 0.1) is 0 Å². The van der Waals surface area contributed by atoms with Gasteiger partial charge in [0, 0.05) is 0 Å². The molecule has 0 spiro atoms. The van der Waals surface area contributed by atoms with Gasteiger partial charge in [-0.25, -0.2) is 24.4 Å². The zero-order valence-corrected chi connectivity index (χ0v) is 16.4. The number of aromatic carboxylic acids is 1. The third-order valence-electron chi connectivity index (χ3n) is 2.29. The van der Waals surface area contributed by atoms with Gasteiger partial charge in [0.2, 0.25) is 0 Å². The number of imide groups is 1. The van der Waals surface area contributed by atoms with Crippen molar-refractivity contribution in [3.05, 3.63) is 16.5 Å². The third-order valence-corrected chi connectivity index (χ3v) is 2.67. The van der Waals surface area contributed by atoms with Gasteiger partial charge in [0.15, 0.2) is 11.5 Å². The van der Waals surface area contributed by atoms with Crippen molar-refractivity contribution in [2.45, 2.75) is 52.7 Å². The molecule has 1 N–H and O–H groups in total. The first-order chi connectivity index (χ1) is 11.2. The molecule has 1 aromatic heterocycles. The molecule has 9 nitrogen and oxygen atoms in total. The van der Waals surface area contributed by atoms with Crippen molar-refractivity contribution in [2.75, 3.05) is 4.90 Å². The maximum Gasteiger partial charge on any atom is 0.425 e. The van der Waals surface area contributed by atoms with Gasteiger partial charge in [-0.1, -0.05) is 0 Å². The molecule has 1 heterocycles. The Kier molecular flexibility index (Phi) is 6.11. The summed E-state index contributed by atoms with van der Waals surface area (Å²) < 4.78 is 10.5. The van der Waals surface area contributed by atoms with E-state index in [0.29, 0.717) is 4.90 Å². The van der Waals surface area contributed by atoms with Crippen molar-refractivity contribution in [1.29, 1.82) is 0 Å². The Bertz CT molecular complexity index is 665. The van der Waals surface area contributed by atoms with E-state index in [1.165, 1.54) is 0 Å². The van der Waals surface area contributed by atoms with Gasteiger partial charge in [0.25, 0.3) is 0 Å². The first-order valence-corrected chi connectivity index (χ1v) is 8.02. The van der Waals surface area contributed by atoms with Gasteiger partial charge >= 0.3 is 18.2 Å². The van der Waals surface area contributed by atoms with E-state index in [4.69, 9.17) is 9.47 Å². The minimum atomic E-state index is -1.47. The van der Waals surface area contributed by atoms with Crippen LogP contribution in [0.4, 0.5) is 15.4 Å². The van der Waals surface area contributed by atoms with Crippen LogP contribution in [0.2, 0.25) is 0 Å². The van der Waals surface area contributed by atoms with Gasteiger partial charge in [0.1, 0.15) is 15.8 Å². The standard InChI is InChI=1S/C15H20BrN3O6/c1-14(2,3)24-12(22)19(13(23)25-15(4,5)6)10-9(11(20)21)18-8(16)7-17-10/h7H,1-6H3,(H,20,21). The number of amides is 2. The third kappa shape index (κ3) is 6.29. The lowest BCUT2D eigenvalue weighted by Crippen LogP contribution is -2.45. The predicted octanol–water partition coefficient (Wildman–Crippen LogP) is 3.61. The van der Waals surface area contributed by atoms with E-state index in [-0.39, 0.29) is 4.60 Å². The van der Waals surface area contributed by atoms with Crippen LogP contribution in [0.1, 0.15) is 52.0 Å². The number of ether oxygens (including phenoxy) is 2. The number of carbonyl (C=O) groups excluding carboxylic acids is 2. The fourth-order valence-corrected chi connectivity index (χ4v) is 1.81. The Morgan fingerprint density at radius 1 is 1.04 bits per heavy atom. The summed E-state index contributed by atoms with van der Waals surface area (Å²) in [4.78, 5) is 44.4. The van der Waals surface area contributed by atoms with E-state index in [2.05, 4.69) is 25.9 Å². The first-order valence-electron chi connectivity index (χ1n) is 7.23. The van der Waals surface area contributed by atoms with Crippen LogP contribution < -0.4 is 4.90 Å². The van der Waals surface area contributed by atoms with E-state index in [1.54, 1.807) is 41.5 Å². The monoisotopic (exact) mass is 417 g/mol. The normalized spacial score (nSPS) is 11.6. The summed E-state index contributed by atoms with van der Waals surface area (Å²) in [6.07, 6.45) is -1.09. The minimum Gasteiger partial charge on any atom is -0.476 e. The molecule has 25 heavy (non-hydrogen) atoms. The highest BCUT2D eigenvalue weighted by Gasteiger charge is 2.36. The van der Waals surface area contributed by atoms with Crippen LogP contribution in [0.25, 0.3) is 0 Å². The van der Waals surface area contributed by atoms with E-state index in [0.717, 1.165) is 6.20 Å². The maximum atomic E-state index is 12.5. The molecule has 0 fully saturated rings. The number of anilines is 1. The van der Waals surface area contributed by atoms with E-state index >= 15 is 0 Å². The average molecular weight is 418 g/mol. The lowest BCUT2D eigenvalue weighted by molar-refractivity contribution is 0.0428. The molecule has 0 aliphatic carbocycles. The molecule has 0 aliphatic heterocycles. The fourth-order valence-electron chi connectivity index (χ4n) is 1.53. The molecule has 0 saturated carbocycles. The van der Waals surface area contributed by atoms with Gasteiger partial charge in [-0.05, 0) is 57.5 Å². The SMILES string of the molecule is CC(C)(C)OC(=O)N(C(=O)OC(C)(C)C)c1ncc(Br)nc1C(=O)O. The Hall–Kier alpha value is -2.23. The molecule has 0 aliphatic rings. The molecule has 10 heteroatoms. The molecule has 1 rings (SSSR count). The Labute approximate surface area is 153 Å². The summed E-state index contributed by atoms with van der Waals surface area (Å²) in [5, 5.41) is 9.31. The summed E-state index contributed by atoms with van der Waals surface area (Å²) in [5.74, 6) is -1.97. The summed E-state index contributed by atoms with van der Waals surface area (Å²) in [7, 11) is 0. The molecular formula is C15H20BrN3O6. The van der Waals surface area contributed by atoms with Gasteiger partial charge in [-0.3, -0.25) is 0 Å². The fraction of sp³-hybridized carbons (Fsp3) is 0.533. The molecule has 0 radical (unpaired) electrons. The maximum absolute atomic E-state index is 12.5. The van der Waals surface area contributed by atoms with E-state index < -0.39 is 40.9 Å². The van der Waals surface area contributed by atoms with Crippen molar-refractivity contribution >= 4 is 39.9 Å². The van der Waals surface area contributed by atoms with Gasteiger partial charge in [0.05, 0.1) is 6.20 Å². The summed E-state index contributed by atoms with van der Waals surface area (Å²) in [6, 6.07) is 0. The molecule has 0 atom stereocenters. The smallest absolute Gasteiger partial charge is 0.425 e. The van der Waals surface area contributed by atoms with Crippen LogP contribution in [-0.4, -0.2) is 44.4 Å². The number of carboxylic acid groups (broad SMARTS) is 1. The number of hydrogen-bond donors (Lipinski definition) is 1. The largest absolute Gasteiger partial charge is 0.476 e. The van der Waals surface area contributed by atoms with Crippen molar-refractivity contribution in [3.63, 3.8) is 0 Å². The lowest BCUT2D eigenvalue weighted by Gasteiger charge is -2.28. The number of halogens is 1. The molecule has 138 valence electrons. The summed E-state index contributed by atoms with van der Waals surface area (Å²) >= 11 is 3.00. The van der Waals surface area contributed by atoms with Crippen molar-refractivity contribution < 1.29 is 29.0 Å². The zero-order valence-electron chi connectivity index (χ0n) is 14.8. The lowest BCUT2D eigenvalue weighted by atomic mass is 10.2. The van der Waals surface area contributed by atoms with E-state index in [1.807, 2.05) is 0 Å². The molecule has 0 saturated heterocycles. The zero-order chi connectivity index (χ0) is 19.6. The summed E-state index contributed by atoms with van der Waals surface area (Å²) in [6.45, 7) is 9.60. The molecule has 0 bridgehead atoms. The second-order valence-electron chi connectivity index (χ2n) is 6.97. The predicted molar refractivity (Wildman–Crippen MR) is 91.6 cm³/mol. The number of carbonyl (C=O) groups is 3.